The summed E-state index contributed by atoms with van der Waals surface area (Å²) >= 11 is 0. The number of benzene rings is 1. The second kappa shape index (κ2) is 6.37. The van der Waals surface area contributed by atoms with E-state index in [0.29, 0.717) is 22.9 Å². The predicted octanol–water partition coefficient (Wildman–Crippen LogP) is 3.17. The standard InChI is InChI=1S/C17H26N2O2/c1-11-5-7-14(9-12(11)2)21-16-10-13(18)6-8-15(16)17(20)19(3)4/h6,8,10-12,14H,5,7,9,18H2,1-4H3. The van der Waals surface area contributed by atoms with Gasteiger partial charge in [0.1, 0.15) is 5.75 Å². The van der Waals surface area contributed by atoms with Gasteiger partial charge in [0.2, 0.25) is 0 Å². The Morgan fingerprint density at radius 3 is 2.57 bits per heavy atom. The first-order valence-electron chi connectivity index (χ1n) is 7.66. The lowest BCUT2D eigenvalue weighted by Crippen LogP contribution is -2.30. The fraction of sp³-hybridized carbons (Fsp3) is 0.588. The molecule has 2 N–H and O–H groups in total. The van der Waals surface area contributed by atoms with Gasteiger partial charge in [-0.05, 0) is 43.2 Å². The third kappa shape index (κ3) is 3.69. The molecule has 1 amide bonds. The summed E-state index contributed by atoms with van der Waals surface area (Å²) in [5, 5.41) is 0. The van der Waals surface area contributed by atoms with Crippen LogP contribution in [-0.4, -0.2) is 31.0 Å². The van der Waals surface area contributed by atoms with E-state index in [1.165, 1.54) is 6.42 Å². The van der Waals surface area contributed by atoms with Crippen LogP contribution in [0.1, 0.15) is 43.5 Å². The van der Waals surface area contributed by atoms with Crippen molar-refractivity contribution in [2.24, 2.45) is 11.8 Å². The van der Waals surface area contributed by atoms with Gasteiger partial charge in [-0.25, -0.2) is 0 Å². The van der Waals surface area contributed by atoms with Crippen molar-refractivity contribution in [2.75, 3.05) is 19.8 Å². The lowest BCUT2D eigenvalue weighted by molar-refractivity contribution is 0.0798. The normalized spacial score (nSPS) is 25.4. The highest BCUT2D eigenvalue weighted by Crippen LogP contribution is 2.33. The number of nitrogens with two attached hydrogens (primary N) is 1. The minimum Gasteiger partial charge on any atom is -0.490 e. The van der Waals surface area contributed by atoms with Crippen LogP contribution in [0, 0.1) is 11.8 Å². The summed E-state index contributed by atoms with van der Waals surface area (Å²) in [6.07, 6.45) is 3.42. The van der Waals surface area contributed by atoms with Gasteiger partial charge in [0.25, 0.3) is 5.91 Å². The average Bonchev–Trinajstić information content (AvgIpc) is 2.42. The van der Waals surface area contributed by atoms with E-state index >= 15 is 0 Å². The molecule has 0 saturated heterocycles. The highest BCUT2D eigenvalue weighted by Gasteiger charge is 2.27. The number of hydrogen-bond donors (Lipinski definition) is 1. The second-order valence-corrected chi connectivity index (χ2v) is 6.46. The molecule has 4 heteroatoms. The molecular formula is C17H26N2O2. The van der Waals surface area contributed by atoms with Gasteiger partial charge in [-0.15, -0.1) is 0 Å². The summed E-state index contributed by atoms with van der Waals surface area (Å²) < 4.78 is 6.13. The molecule has 4 nitrogen and oxygen atoms in total. The van der Waals surface area contributed by atoms with Crippen molar-refractivity contribution in [3.05, 3.63) is 23.8 Å². The Balaban J connectivity index is 2.19. The first-order chi connectivity index (χ1) is 9.88. The second-order valence-electron chi connectivity index (χ2n) is 6.46. The zero-order valence-corrected chi connectivity index (χ0v) is 13.4. The minimum absolute atomic E-state index is 0.0535. The summed E-state index contributed by atoms with van der Waals surface area (Å²) in [7, 11) is 3.49. The molecule has 1 saturated carbocycles. The molecule has 2 rings (SSSR count). The van der Waals surface area contributed by atoms with Gasteiger partial charge < -0.3 is 15.4 Å². The quantitative estimate of drug-likeness (QED) is 0.870. The molecule has 0 aromatic heterocycles. The number of anilines is 1. The Morgan fingerprint density at radius 2 is 1.95 bits per heavy atom. The lowest BCUT2D eigenvalue weighted by atomic mass is 9.80. The van der Waals surface area contributed by atoms with Crippen molar-refractivity contribution in [1.29, 1.82) is 0 Å². The lowest BCUT2D eigenvalue weighted by Gasteiger charge is -2.32. The number of amides is 1. The number of carbonyl (C=O) groups excluding carboxylic acids is 1. The van der Waals surface area contributed by atoms with E-state index in [4.69, 9.17) is 10.5 Å². The van der Waals surface area contributed by atoms with Crippen LogP contribution in [0.2, 0.25) is 0 Å². The Hall–Kier alpha value is -1.71. The first-order valence-corrected chi connectivity index (χ1v) is 7.66. The first kappa shape index (κ1) is 15.7. The van der Waals surface area contributed by atoms with E-state index < -0.39 is 0 Å². The molecule has 0 bridgehead atoms. The number of rotatable bonds is 3. The molecule has 21 heavy (non-hydrogen) atoms. The predicted molar refractivity (Wildman–Crippen MR) is 85.5 cm³/mol. The Bertz CT molecular complexity index is 514. The van der Waals surface area contributed by atoms with Crippen LogP contribution in [-0.2, 0) is 0 Å². The van der Waals surface area contributed by atoms with Gasteiger partial charge in [-0.3, -0.25) is 4.79 Å². The molecular weight excluding hydrogens is 264 g/mol. The molecule has 0 heterocycles. The van der Waals surface area contributed by atoms with Crippen LogP contribution in [0.4, 0.5) is 5.69 Å². The summed E-state index contributed by atoms with van der Waals surface area (Å²) in [6, 6.07) is 5.26. The van der Waals surface area contributed by atoms with Gasteiger partial charge in [0.05, 0.1) is 11.7 Å². The Labute approximate surface area is 127 Å². The van der Waals surface area contributed by atoms with E-state index in [1.807, 2.05) is 0 Å². The third-order valence-electron chi connectivity index (χ3n) is 4.49. The van der Waals surface area contributed by atoms with Crippen molar-refractivity contribution in [2.45, 2.75) is 39.2 Å². The number of nitrogens with zero attached hydrogens (tertiary/aromatic N) is 1. The SMILES string of the molecule is CC1CCC(Oc2cc(N)ccc2C(=O)N(C)C)CC1C. The Kier molecular flexibility index (Phi) is 4.76. The van der Waals surface area contributed by atoms with Crippen LogP contribution in [0.5, 0.6) is 5.75 Å². The third-order valence-corrected chi connectivity index (χ3v) is 4.49. The summed E-state index contributed by atoms with van der Waals surface area (Å²) in [5.41, 5.74) is 7.06. The number of carbonyl (C=O) groups is 1. The minimum atomic E-state index is -0.0535. The highest BCUT2D eigenvalue weighted by molar-refractivity contribution is 5.97. The molecule has 3 unspecified atom stereocenters. The number of ether oxygens (including phenoxy) is 1. The summed E-state index contributed by atoms with van der Waals surface area (Å²) in [6.45, 7) is 4.56. The van der Waals surface area contributed by atoms with E-state index in [2.05, 4.69) is 13.8 Å². The molecule has 116 valence electrons. The summed E-state index contributed by atoms with van der Waals surface area (Å²) in [4.78, 5) is 13.8. The fourth-order valence-corrected chi connectivity index (χ4v) is 2.84. The zero-order chi connectivity index (χ0) is 15.6. The number of nitrogen functional groups attached to an aromatic ring is 1. The molecule has 1 aromatic carbocycles. The van der Waals surface area contributed by atoms with Crippen LogP contribution in [0.25, 0.3) is 0 Å². The Morgan fingerprint density at radius 1 is 1.24 bits per heavy atom. The van der Waals surface area contributed by atoms with Crippen LogP contribution < -0.4 is 10.5 Å². The molecule has 1 fully saturated rings. The fourth-order valence-electron chi connectivity index (χ4n) is 2.84. The van der Waals surface area contributed by atoms with E-state index in [-0.39, 0.29) is 12.0 Å². The number of hydrogen-bond acceptors (Lipinski definition) is 3. The zero-order valence-electron chi connectivity index (χ0n) is 13.4. The maximum Gasteiger partial charge on any atom is 0.257 e. The van der Waals surface area contributed by atoms with Gasteiger partial charge in [0.15, 0.2) is 0 Å². The molecule has 3 atom stereocenters. The summed E-state index contributed by atoms with van der Waals surface area (Å²) in [5.74, 6) is 1.95. The molecule has 1 aromatic rings. The topological polar surface area (TPSA) is 55.6 Å². The van der Waals surface area contributed by atoms with Gasteiger partial charge in [0, 0.05) is 25.8 Å². The largest absolute Gasteiger partial charge is 0.490 e. The maximum atomic E-state index is 12.2. The molecule has 0 aliphatic heterocycles. The molecule has 0 spiro atoms. The van der Waals surface area contributed by atoms with Gasteiger partial charge >= 0.3 is 0 Å². The van der Waals surface area contributed by atoms with Crippen LogP contribution >= 0.6 is 0 Å². The molecule has 1 aliphatic carbocycles. The van der Waals surface area contributed by atoms with E-state index in [9.17, 15) is 4.79 Å². The van der Waals surface area contributed by atoms with Gasteiger partial charge in [-0.2, -0.15) is 0 Å². The van der Waals surface area contributed by atoms with Crippen molar-refractivity contribution >= 4 is 11.6 Å². The van der Waals surface area contributed by atoms with E-state index in [0.717, 1.165) is 18.8 Å². The van der Waals surface area contributed by atoms with Crippen molar-refractivity contribution in [3.8, 4) is 5.75 Å². The molecule has 1 aliphatic rings. The monoisotopic (exact) mass is 290 g/mol. The van der Waals surface area contributed by atoms with Crippen molar-refractivity contribution in [3.63, 3.8) is 0 Å². The van der Waals surface area contributed by atoms with Crippen molar-refractivity contribution < 1.29 is 9.53 Å². The van der Waals surface area contributed by atoms with Gasteiger partial charge in [-0.1, -0.05) is 13.8 Å². The van der Waals surface area contributed by atoms with E-state index in [1.54, 1.807) is 37.2 Å². The highest BCUT2D eigenvalue weighted by atomic mass is 16.5. The van der Waals surface area contributed by atoms with Crippen LogP contribution in [0.15, 0.2) is 18.2 Å². The molecule has 0 radical (unpaired) electrons. The average molecular weight is 290 g/mol. The smallest absolute Gasteiger partial charge is 0.257 e. The van der Waals surface area contributed by atoms with Crippen molar-refractivity contribution in [1.82, 2.24) is 4.90 Å². The maximum absolute atomic E-state index is 12.2. The van der Waals surface area contributed by atoms with Crippen LogP contribution in [0.3, 0.4) is 0 Å².